The van der Waals surface area contributed by atoms with Crippen molar-refractivity contribution in [2.75, 3.05) is 6.54 Å². The zero-order chi connectivity index (χ0) is 30.0. The number of hydrogen-bond acceptors (Lipinski definition) is 6. The molecule has 9 heteroatoms. The van der Waals surface area contributed by atoms with Gasteiger partial charge in [-0.1, -0.05) is 67.6 Å². The largest absolute Gasteiger partial charge is 0.459 e. The first-order valence-electron chi connectivity index (χ1n) is 14.3. The van der Waals surface area contributed by atoms with Gasteiger partial charge in [0.05, 0.1) is 0 Å². The van der Waals surface area contributed by atoms with E-state index >= 15 is 0 Å². The Morgan fingerprint density at radius 2 is 1.54 bits per heavy atom. The van der Waals surface area contributed by atoms with Gasteiger partial charge >= 0.3 is 12.1 Å². The molecule has 3 rings (SSSR count). The molecule has 1 fully saturated rings. The number of carbonyl (C=O) groups is 4. The van der Waals surface area contributed by atoms with Crippen molar-refractivity contribution in [3.63, 3.8) is 0 Å². The van der Waals surface area contributed by atoms with E-state index in [4.69, 9.17) is 9.47 Å². The Kier molecular flexibility index (Phi) is 10.9. The Balaban J connectivity index is 1.80. The van der Waals surface area contributed by atoms with E-state index in [1.54, 1.807) is 34.6 Å². The molecular weight excluding hydrogens is 522 g/mol. The quantitative estimate of drug-likeness (QED) is 0.409. The normalized spacial score (nSPS) is 17.5. The van der Waals surface area contributed by atoms with Crippen molar-refractivity contribution >= 4 is 23.9 Å². The van der Waals surface area contributed by atoms with Gasteiger partial charge in [-0.05, 0) is 64.5 Å². The predicted molar refractivity (Wildman–Crippen MR) is 156 cm³/mol. The molecule has 3 atom stereocenters. The highest BCUT2D eigenvalue weighted by molar-refractivity contribution is 5.95. The van der Waals surface area contributed by atoms with Crippen LogP contribution in [0.3, 0.4) is 0 Å². The lowest BCUT2D eigenvalue weighted by atomic mass is 9.95. The summed E-state index contributed by atoms with van der Waals surface area (Å²) in [5.74, 6) is -1.34. The number of likely N-dealkylation sites (tertiary alicyclic amines) is 1. The fourth-order valence-electron chi connectivity index (χ4n) is 4.67. The standard InChI is InChI=1S/C32H43N3O6/c1-6-32(5,34-30(39)41-31(2,3)4)29(38)33-25(21-23-15-9-7-10-16-23)27(36)35-20-14-13-19-26(35)28(37)40-22-24-17-11-8-12-18-24/h7-12,15-18,25-26H,6,13-14,19-22H2,1-5H3,(H,33,38)(H,34,39)/t25-,26+,32-/m0/s1. The highest BCUT2D eigenvalue weighted by Crippen LogP contribution is 2.22. The lowest BCUT2D eigenvalue weighted by Crippen LogP contribution is -2.62. The second-order valence-electron chi connectivity index (χ2n) is 11.7. The fraction of sp³-hybridized carbons (Fsp3) is 0.500. The molecule has 2 aromatic carbocycles. The van der Waals surface area contributed by atoms with E-state index in [1.165, 1.54) is 4.90 Å². The number of esters is 1. The molecule has 2 aromatic rings. The van der Waals surface area contributed by atoms with E-state index in [0.717, 1.165) is 24.0 Å². The van der Waals surface area contributed by atoms with Gasteiger partial charge in [-0.15, -0.1) is 0 Å². The molecule has 0 saturated carbocycles. The predicted octanol–water partition coefficient (Wildman–Crippen LogP) is 4.53. The van der Waals surface area contributed by atoms with Crippen LogP contribution in [0.15, 0.2) is 60.7 Å². The minimum atomic E-state index is -1.33. The molecule has 0 aromatic heterocycles. The molecule has 0 radical (unpaired) electrons. The molecule has 1 heterocycles. The third kappa shape index (κ3) is 9.33. The van der Waals surface area contributed by atoms with Crippen LogP contribution in [0.1, 0.15) is 71.4 Å². The summed E-state index contributed by atoms with van der Waals surface area (Å²) >= 11 is 0. The Morgan fingerprint density at radius 3 is 2.12 bits per heavy atom. The van der Waals surface area contributed by atoms with Crippen LogP contribution in [0.4, 0.5) is 4.79 Å². The van der Waals surface area contributed by atoms with Gasteiger partial charge in [-0.3, -0.25) is 9.59 Å². The van der Waals surface area contributed by atoms with Gasteiger partial charge < -0.3 is 25.0 Å². The summed E-state index contributed by atoms with van der Waals surface area (Å²) in [6.07, 6.45) is 1.78. The number of piperidine rings is 1. The first kappa shape index (κ1) is 31.6. The van der Waals surface area contributed by atoms with E-state index in [2.05, 4.69) is 10.6 Å². The zero-order valence-corrected chi connectivity index (χ0v) is 24.8. The second kappa shape index (κ2) is 14.1. The van der Waals surface area contributed by atoms with Crippen LogP contribution in [0.5, 0.6) is 0 Å². The van der Waals surface area contributed by atoms with Gasteiger partial charge in [0, 0.05) is 13.0 Å². The minimum absolute atomic E-state index is 0.119. The maximum absolute atomic E-state index is 14.0. The molecule has 0 unspecified atom stereocenters. The van der Waals surface area contributed by atoms with Gasteiger partial charge in [0.25, 0.3) is 0 Å². The second-order valence-corrected chi connectivity index (χ2v) is 11.7. The molecular formula is C32H43N3O6. The van der Waals surface area contributed by atoms with E-state index < -0.39 is 41.2 Å². The summed E-state index contributed by atoms with van der Waals surface area (Å²) < 4.78 is 11.0. The van der Waals surface area contributed by atoms with E-state index in [9.17, 15) is 19.2 Å². The highest BCUT2D eigenvalue weighted by atomic mass is 16.6. The average Bonchev–Trinajstić information content (AvgIpc) is 2.95. The molecule has 3 amide bonds. The maximum Gasteiger partial charge on any atom is 0.408 e. The number of nitrogens with one attached hydrogen (secondary N) is 2. The Hall–Kier alpha value is -3.88. The first-order chi connectivity index (χ1) is 19.4. The van der Waals surface area contributed by atoms with Gasteiger partial charge in [0.15, 0.2) is 0 Å². The molecule has 0 bridgehead atoms. The average molecular weight is 566 g/mol. The van der Waals surface area contributed by atoms with Gasteiger partial charge in [-0.25, -0.2) is 9.59 Å². The van der Waals surface area contributed by atoms with Crippen molar-refractivity contribution in [1.82, 2.24) is 15.5 Å². The topological polar surface area (TPSA) is 114 Å². The molecule has 0 spiro atoms. The molecule has 222 valence electrons. The van der Waals surface area contributed by atoms with Crippen LogP contribution >= 0.6 is 0 Å². The summed E-state index contributed by atoms with van der Waals surface area (Å²) in [6.45, 7) is 9.09. The van der Waals surface area contributed by atoms with Crippen molar-refractivity contribution in [3.8, 4) is 0 Å². The van der Waals surface area contributed by atoms with Crippen LogP contribution in [0, 0.1) is 0 Å². The van der Waals surface area contributed by atoms with Crippen molar-refractivity contribution in [3.05, 3.63) is 71.8 Å². The number of alkyl carbamates (subject to hydrolysis) is 1. The molecule has 9 nitrogen and oxygen atoms in total. The number of hydrogen-bond donors (Lipinski definition) is 2. The number of amides is 3. The Bertz CT molecular complexity index is 1180. The number of rotatable bonds is 10. The Morgan fingerprint density at radius 1 is 0.927 bits per heavy atom. The third-order valence-electron chi connectivity index (χ3n) is 7.15. The highest BCUT2D eigenvalue weighted by Gasteiger charge is 2.40. The Labute approximate surface area is 243 Å². The molecule has 2 N–H and O–H groups in total. The van der Waals surface area contributed by atoms with Crippen molar-refractivity contribution in [2.24, 2.45) is 0 Å². The SMILES string of the molecule is CC[C@](C)(NC(=O)OC(C)(C)C)C(=O)N[C@@H](Cc1ccccc1)C(=O)N1CCCC[C@@H]1C(=O)OCc1ccccc1. The van der Waals surface area contributed by atoms with Crippen molar-refractivity contribution in [2.45, 2.75) is 96.6 Å². The van der Waals surface area contributed by atoms with Crippen molar-refractivity contribution < 1.29 is 28.7 Å². The lowest BCUT2D eigenvalue weighted by molar-refractivity contribution is -0.159. The zero-order valence-electron chi connectivity index (χ0n) is 24.8. The van der Waals surface area contributed by atoms with E-state index in [0.29, 0.717) is 13.0 Å². The molecule has 1 saturated heterocycles. The van der Waals surface area contributed by atoms with E-state index in [1.807, 2.05) is 60.7 Å². The van der Waals surface area contributed by atoms with Crippen LogP contribution < -0.4 is 10.6 Å². The van der Waals surface area contributed by atoms with Crippen LogP contribution in [0.2, 0.25) is 0 Å². The maximum atomic E-state index is 14.0. The van der Waals surface area contributed by atoms with Gasteiger partial charge in [-0.2, -0.15) is 0 Å². The number of nitrogens with zero attached hydrogens (tertiary/aromatic N) is 1. The minimum Gasteiger partial charge on any atom is -0.459 e. The summed E-state index contributed by atoms with van der Waals surface area (Å²) in [7, 11) is 0. The molecule has 0 aliphatic carbocycles. The number of carbonyl (C=O) groups excluding carboxylic acids is 4. The third-order valence-corrected chi connectivity index (χ3v) is 7.15. The lowest BCUT2D eigenvalue weighted by Gasteiger charge is -2.37. The molecule has 41 heavy (non-hydrogen) atoms. The summed E-state index contributed by atoms with van der Waals surface area (Å²) in [5.41, 5.74) is -0.350. The van der Waals surface area contributed by atoms with Crippen LogP contribution in [0.25, 0.3) is 0 Å². The van der Waals surface area contributed by atoms with Crippen LogP contribution in [-0.4, -0.2) is 58.5 Å². The van der Waals surface area contributed by atoms with Gasteiger partial charge in [0.1, 0.15) is 29.8 Å². The van der Waals surface area contributed by atoms with Crippen LogP contribution in [-0.2, 0) is 36.9 Å². The van der Waals surface area contributed by atoms with E-state index in [-0.39, 0.29) is 25.4 Å². The molecule has 1 aliphatic heterocycles. The summed E-state index contributed by atoms with van der Waals surface area (Å²) in [5, 5.41) is 5.56. The fourth-order valence-corrected chi connectivity index (χ4v) is 4.67. The monoisotopic (exact) mass is 565 g/mol. The summed E-state index contributed by atoms with van der Waals surface area (Å²) in [6, 6.07) is 17.0. The van der Waals surface area contributed by atoms with Gasteiger partial charge in [0.2, 0.25) is 11.8 Å². The smallest absolute Gasteiger partial charge is 0.408 e. The van der Waals surface area contributed by atoms with Crippen molar-refractivity contribution in [1.29, 1.82) is 0 Å². The summed E-state index contributed by atoms with van der Waals surface area (Å²) in [4.78, 5) is 54.9. The number of ether oxygens (including phenoxy) is 2. The number of benzene rings is 2. The first-order valence-corrected chi connectivity index (χ1v) is 14.3. The molecule has 1 aliphatic rings.